The number of carbonyl (C=O) groups excluding carboxylic acids is 1. The van der Waals surface area contributed by atoms with Crippen molar-refractivity contribution in [1.82, 2.24) is 5.32 Å². The van der Waals surface area contributed by atoms with Crippen molar-refractivity contribution in [1.29, 1.82) is 0 Å². The Morgan fingerprint density at radius 1 is 1.38 bits per heavy atom. The normalized spacial score (nSPS) is 17.2. The number of carboxylic acids is 1. The van der Waals surface area contributed by atoms with E-state index in [4.69, 9.17) is 5.11 Å². The number of halogens is 1. The van der Waals surface area contributed by atoms with Gasteiger partial charge in [-0.1, -0.05) is 6.92 Å². The van der Waals surface area contributed by atoms with E-state index in [1.54, 1.807) is 0 Å². The van der Waals surface area contributed by atoms with Gasteiger partial charge in [-0.15, -0.1) is 0 Å². The molecule has 1 aliphatic heterocycles. The minimum Gasteiger partial charge on any atom is -0.478 e. The quantitative estimate of drug-likeness (QED) is 0.796. The van der Waals surface area contributed by atoms with Crippen molar-refractivity contribution < 1.29 is 19.1 Å². The van der Waals surface area contributed by atoms with Crippen molar-refractivity contribution in [3.63, 3.8) is 0 Å². The summed E-state index contributed by atoms with van der Waals surface area (Å²) in [4.78, 5) is 23.2. The van der Waals surface area contributed by atoms with Crippen LogP contribution < -0.4 is 10.6 Å². The number of carbonyl (C=O) groups is 2. The van der Waals surface area contributed by atoms with Gasteiger partial charge in [0.25, 0.3) is 0 Å². The molecular formula is C15H19FN2O3. The standard InChI is InChI=1S/C15H19FN2O3/c1-2-15(5-7-17-8-6-15)14(21)18-12-4-3-10(13(19)20)9-11(12)16/h3-4,9,17H,2,5-8H2,1H3,(H,18,21)(H,19,20). The van der Waals surface area contributed by atoms with Crippen molar-refractivity contribution in [2.45, 2.75) is 26.2 Å². The van der Waals surface area contributed by atoms with Gasteiger partial charge in [0, 0.05) is 0 Å². The highest BCUT2D eigenvalue weighted by Gasteiger charge is 2.37. The number of amides is 1. The van der Waals surface area contributed by atoms with Crippen molar-refractivity contribution >= 4 is 17.6 Å². The van der Waals surface area contributed by atoms with Crippen LogP contribution in [0.5, 0.6) is 0 Å². The molecule has 6 heteroatoms. The number of carboxylic acid groups (broad SMARTS) is 1. The van der Waals surface area contributed by atoms with Crippen LogP contribution in [0.1, 0.15) is 36.5 Å². The molecule has 21 heavy (non-hydrogen) atoms. The number of hydrogen-bond acceptors (Lipinski definition) is 3. The zero-order valence-electron chi connectivity index (χ0n) is 11.9. The van der Waals surface area contributed by atoms with E-state index in [0.29, 0.717) is 19.3 Å². The number of anilines is 1. The molecule has 2 rings (SSSR count). The highest BCUT2D eigenvalue weighted by atomic mass is 19.1. The highest BCUT2D eigenvalue weighted by molar-refractivity contribution is 5.96. The maximum absolute atomic E-state index is 13.9. The number of piperidine rings is 1. The predicted octanol–water partition coefficient (Wildman–Crippen LogP) is 2.24. The number of hydrogen-bond donors (Lipinski definition) is 3. The third-order valence-corrected chi connectivity index (χ3v) is 4.18. The summed E-state index contributed by atoms with van der Waals surface area (Å²) < 4.78 is 13.9. The molecule has 5 nitrogen and oxygen atoms in total. The summed E-state index contributed by atoms with van der Waals surface area (Å²) in [6.45, 7) is 3.48. The minimum absolute atomic E-state index is 0.0244. The van der Waals surface area contributed by atoms with E-state index in [-0.39, 0.29) is 17.2 Å². The average molecular weight is 294 g/mol. The Kier molecular flexibility index (Phi) is 4.57. The molecule has 114 valence electrons. The number of nitrogens with one attached hydrogen (secondary N) is 2. The lowest BCUT2D eigenvalue weighted by Crippen LogP contribution is -2.44. The van der Waals surface area contributed by atoms with Crippen LogP contribution in [-0.4, -0.2) is 30.1 Å². The topological polar surface area (TPSA) is 78.4 Å². The predicted molar refractivity (Wildman–Crippen MR) is 76.8 cm³/mol. The van der Waals surface area contributed by atoms with Crippen molar-refractivity contribution in [3.05, 3.63) is 29.6 Å². The second-order valence-corrected chi connectivity index (χ2v) is 5.34. The first-order valence-electron chi connectivity index (χ1n) is 7.03. The molecule has 1 aromatic carbocycles. The first-order valence-corrected chi connectivity index (χ1v) is 7.03. The molecule has 1 aromatic rings. The molecule has 1 saturated heterocycles. The van der Waals surface area contributed by atoms with E-state index in [9.17, 15) is 14.0 Å². The smallest absolute Gasteiger partial charge is 0.335 e. The molecule has 0 spiro atoms. The fourth-order valence-electron chi connectivity index (χ4n) is 2.65. The molecule has 1 amide bonds. The van der Waals surface area contributed by atoms with Crippen molar-refractivity contribution in [2.24, 2.45) is 5.41 Å². The van der Waals surface area contributed by atoms with E-state index < -0.39 is 17.2 Å². The van der Waals surface area contributed by atoms with Gasteiger partial charge in [-0.05, 0) is 50.6 Å². The first-order chi connectivity index (χ1) is 9.98. The Morgan fingerprint density at radius 3 is 2.57 bits per heavy atom. The van der Waals surface area contributed by atoms with Gasteiger partial charge in [0.05, 0.1) is 16.7 Å². The second kappa shape index (κ2) is 6.22. The van der Waals surface area contributed by atoms with Crippen LogP contribution in [-0.2, 0) is 4.79 Å². The summed E-state index contributed by atoms with van der Waals surface area (Å²) in [5, 5.41) is 14.6. The zero-order chi connectivity index (χ0) is 15.5. The molecule has 0 radical (unpaired) electrons. The van der Waals surface area contributed by atoms with Crippen LogP contribution in [0, 0.1) is 11.2 Å². The molecule has 0 aliphatic carbocycles. The van der Waals surface area contributed by atoms with Gasteiger partial charge in [-0.2, -0.15) is 0 Å². The fourth-order valence-corrected chi connectivity index (χ4v) is 2.65. The molecule has 0 aromatic heterocycles. The lowest BCUT2D eigenvalue weighted by atomic mass is 9.76. The summed E-state index contributed by atoms with van der Waals surface area (Å²) >= 11 is 0. The third kappa shape index (κ3) is 3.21. The number of aromatic carboxylic acids is 1. The Balaban J connectivity index is 2.17. The van der Waals surface area contributed by atoms with Gasteiger partial charge in [0.2, 0.25) is 5.91 Å². The number of benzene rings is 1. The van der Waals surface area contributed by atoms with Gasteiger partial charge in [0.1, 0.15) is 5.82 Å². The highest BCUT2D eigenvalue weighted by Crippen LogP contribution is 2.34. The molecule has 0 bridgehead atoms. The zero-order valence-corrected chi connectivity index (χ0v) is 11.9. The monoisotopic (exact) mass is 294 g/mol. The lowest BCUT2D eigenvalue weighted by molar-refractivity contribution is -0.127. The maximum atomic E-state index is 13.9. The third-order valence-electron chi connectivity index (χ3n) is 4.18. The van der Waals surface area contributed by atoms with Crippen LogP contribution >= 0.6 is 0 Å². The van der Waals surface area contributed by atoms with Crippen molar-refractivity contribution in [3.8, 4) is 0 Å². The fraction of sp³-hybridized carbons (Fsp3) is 0.467. The van der Waals surface area contributed by atoms with Crippen LogP contribution in [0.15, 0.2) is 18.2 Å². The lowest BCUT2D eigenvalue weighted by Gasteiger charge is -2.35. The van der Waals surface area contributed by atoms with Crippen LogP contribution in [0.4, 0.5) is 10.1 Å². The van der Waals surface area contributed by atoms with E-state index in [2.05, 4.69) is 10.6 Å². The minimum atomic E-state index is -1.20. The van der Waals surface area contributed by atoms with Gasteiger partial charge >= 0.3 is 5.97 Å². The van der Waals surface area contributed by atoms with Crippen LogP contribution in [0.3, 0.4) is 0 Å². The van der Waals surface area contributed by atoms with E-state index in [0.717, 1.165) is 19.2 Å². The van der Waals surface area contributed by atoms with Crippen LogP contribution in [0.25, 0.3) is 0 Å². The number of rotatable bonds is 4. The van der Waals surface area contributed by atoms with E-state index >= 15 is 0 Å². The summed E-state index contributed by atoms with van der Waals surface area (Å²) in [7, 11) is 0. The summed E-state index contributed by atoms with van der Waals surface area (Å²) in [5.74, 6) is -2.13. The van der Waals surface area contributed by atoms with Gasteiger partial charge in [-0.3, -0.25) is 4.79 Å². The second-order valence-electron chi connectivity index (χ2n) is 5.34. The Morgan fingerprint density at radius 2 is 2.05 bits per heavy atom. The SMILES string of the molecule is CCC1(C(=O)Nc2ccc(C(=O)O)cc2F)CCNCC1. The molecule has 1 aliphatic rings. The summed E-state index contributed by atoms with van der Waals surface area (Å²) in [5.41, 5.74) is -0.600. The Bertz CT molecular complexity index is 554. The molecule has 1 heterocycles. The van der Waals surface area contributed by atoms with Gasteiger partial charge < -0.3 is 15.7 Å². The van der Waals surface area contributed by atoms with Crippen LogP contribution in [0.2, 0.25) is 0 Å². The first kappa shape index (κ1) is 15.4. The van der Waals surface area contributed by atoms with E-state index in [1.165, 1.54) is 12.1 Å². The summed E-state index contributed by atoms with van der Waals surface area (Å²) in [6, 6.07) is 3.49. The summed E-state index contributed by atoms with van der Waals surface area (Å²) in [6.07, 6.45) is 2.11. The maximum Gasteiger partial charge on any atom is 0.335 e. The molecule has 0 atom stereocenters. The average Bonchev–Trinajstić information content (AvgIpc) is 2.49. The Hall–Kier alpha value is -1.95. The largest absolute Gasteiger partial charge is 0.478 e. The molecule has 0 unspecified atom stereocenters. The van der Waals surface area contributed by atoms with Gasteiger partial charge in [-0.25, -0.2) is 9.18 Å². The van der Waals surface area contributed by atoms with Crippen molar-refractivity contribution in [2.75, 3.05) is 18.4 Å². The Labute approximate surface area is 122 Å². The molecule has 0 saturated carbocycles. The molecular weight excluding hydrogens is 275 g/mol. The molecule has 1 fully saturated rings. The van der Waals surface area contributed by atoms with E-state index in [1.807, 2.05) is 6.92 Å². The van der Waals surface area contributed by atoms with Gasteiger partial charge in [0.15, 0.2) is 0 Å². The molecule has 3 N–H and O–H groups in total.